The topological polar surface area (TPSA) is 40.6 Å². The summed E-state index contributed by atoms with van der Waals surface area (Å²) >= 11 is 0. The van der Waals surface area contributed by atoms with Crippen LogP contribution in [0.15, 0.2) is 24.3 Å². The summed E-state index contributed by atoms with van der Waals surface area (Å²) in [7, 11) is 0. The lowest BCUT2D eigenvalue weighted by atomic mass is 10.1. The average molecular weight is 288 g/mol. The quantitative estimate of drug-likeness (QED) is 0.834. The van der Waals surface area contributed by atoms with Gasteiger partial charge in [0.15, 0.2) is 0 Å². The van der Waals surface area contributed by atoms with Gasteiger partial charge in [-0.2, -0.15) is 0 Å². The first kappa shape index (κ1) is 15.5. The van der Waals surface area contributed by atoms with Gasteiger partial charge in [0, 0.05) is 39.5 Å². The first-order valence-corrected chi connectivity index (χ1v) is 7.65. The molecule has 0 atom stereocenters. The lowest BCUT2D eigenvalue weighted by Crippen LogP contribution is -2.34. The maximum atomic E-state index is 12.1. The molecule has 0 bridgehead atoms. The zero-order valence-corrected chi connectivity index (χ0v) is 13.0. The summed E-state index contributed by atoms with van der Waals surface area (Å²) in [6.45, 7) is 6.43. The molecule has 21 heavy (non-hydrogen) atoms. The van der Waals surface area contributed by atoms with Crippen LogP contribution in [0.2, 0.25) is 0 Å². The molecule has 2 rings (SSSR count). The largest absolute Gasteiger partial charge is 0.343 e. The third-order valence-electron chi connectivity index (χ3n) is 4.12. The Hall–Kier alpha value is -1.84. The Bertz CT molecular complexity index is 507. The monoisotopic (exact) mass is 288 g/mol. The van der Waals surface area contributed by atoms with Crippen LogP contribution in [0.5, 0.6) is 0 Å². The lowest BCUT2D eigenvalue weighted by Gasteiger charge is -2.23. The van der Waals surface area contributed by atoms with Gasteiger partial charge in [0.1, 0.15) is 0 Å². The van der Waals surface area contributed by atoms with E-state index in [4.69, 9.17) is 0 Å². The van der Waals surface area contributed by atoms with Gasteiger partial charge < -0.3 is 9.80 Å². The predicted octanol–water partition coefficient (Wildman–Crippen LogP) is 2.36. The molecule has 0 saturated carbocycles. The van der Waals surface area contributed by atoms with Crippen molar-refractivity contribution in [1.82, 2.24) is 9.80 Å². The van der Waals surface area contributed by atoms with Crippen LogP contribution in [0.3, 0.4) is 0 Å². The van der Waals surface area contributed by atoms with E-state index in [-0.39, 0.29) is 11.8 Å². The Morgan fingerprint density at radius 1 is 1.19 bits per heavy atom. The van der Waals surface area contributed by atoms with Crippen molar-refractivity contribution in [3.05, 3.63) is 35.4 Å². The SMILES string of the molecule is CC(=O)N(CCC(=O)N1CCCC1)Cc1ccccc1C. The highest BCUT2D eigenvalue weighted by atomic mass is 16.2. The van der Waals surface area contributed by atoms with Crippen molar-refractivity contribution in [2.24, 2.45) is 0 Å². The van der Waals surface area contributed by atoms with E-state index in [1.54, 1.807) is 11.8 Å². The van der Waals surface area contributed by atoms with Gasteiger partial charge in [-0.25, -0.2) is 0 Å². The van der Waals surface area contributed by atoms with E-state index in [1.165, 1.54) is 5.56 Å². The fourth-order valence-corrected chi connectivity index (χ4v) is 2.70. The number of rotatable bonds is 5. The Morgan fingerprint density at radius 3 is 2.48 bits per heavy atom. The summed E-state index contributed by atoms with van der Waals surface area (Å²) in [5.74, 6) is 0.191. The van der Waals surface area contributed by atoms with Crippen LogP contribution < -0.4 is 0 Å². The predicted molar refractivity (Wildman–Crippen MR) is 82.7 cm³/mol. The number of benzene rings is 1. The zero-order chi connectivity index (χ0) is 15.2. The van der Waals surface area contributed by atoms with Gasteiger partial charge in [-0.05, 0) is 30.9 Å². The lowest BCUT2D eigenvalue weighted by molar-refractivity contribution is -0.133. The van der Waals surface area contributed by atoms with E-state index in [0.29, 0.717) is 19.5 Å². The number of carbonyl (C=O) groups is 2. The molecule has 1 fully saturated rings. The van der Waals surface area contributed by atoms with E-state index < -0.39 is 0 Å². The standard InChI is InChI=1S/C17H24N2O2/c1-14-7-3-4-8-16(14)13-19(15(2)20)12-9-17(21)18-10-5-6-11-18/h3-4,7-8H,5-6,9-13H2,1-2H3. The molecule has 0 N–H and O–H groups in total. The molecule has 0 spiro atoms. The Kier molecular flexibility index (Phi) is 5.37. The van der Waals surface area contributed by atoms with Crippen LogP contribution in [-0.2, 0) is 16.1 Å². The van der Waals surface area contributed by atoms with Crippen LogP contribution in [0.4, 0.5) is 0 Å². The van der Waals surface area contributed by atoms with Crippen LogP contribution in [-0.4, -0.2) is 41.2 Å². The van der Waals surface area contributed by atoms with Crippen molar-refractivity contribution in [3.8, 4) is 0 Å². The van der Waals surface area contributed by atoms with E-state index >= 15 is 0 Å². The van der Waals surface area contributed by atoms with Gasteiger partial charge in [0.25, 0.3) is 0 Å². The van der Waals surface area contributed by atoms with Crippen molar-refractivity contribution in [3.63, 3.8) is 0 Å². The van der Waals surface area contributed by atoms with Crippen molar-refractivity contribution >= 4 is 11.8 Å². The molecule has 1 aromatic carbocycles. The van der Waals surface area contributed by atoms with Crippen LogP contribution >= 0.6 is 0 Å². The zero-order valence-electron chi connectivity index (χ0n) is 13.0. The van der Waals surface area contributed by atoms with Crippen LogP contribution in [0.1, 0.15) is 37.3 Å². The molecule has 0 aromatic heterocycles. The highest BCUT2D eigenvalue weighted by molar-refractivity contribution is 5.78. The van der Waals surface area contributed by atoms with Gasteiger partial charge in [0.05, 0.1) is 0 Å². The molecule has 4 nitrogen and oxygen atoms in total. The number of amides is 2. The fourth-order valence-electron chi connectivity index (χ4n) is 2.70. The molecule has 1 aromatic rings. The number of carbonyl (C=O) groups excluding carboxylic acids is 2. The minimum atomic E-state index is 0.0208. The van der Waals surface area contributed by atoms with Crippen molar-refractivity contribution in [1.29, 1.82) is 0 Å². The second-order valence-electron chi connectivity index (χ2n) is 5.70. The Morgan fingerprint density at radius 2 is 1.86 bits per heavy atom. The maximum absolute atomic E-state index is 12.1. The van der Waals surface area contributed by atoms with E-state index in [9.17, 15) is 9.59 Å². The summed E-state index contributed by atoms with van der Waals surface area (Å²) in [4.78, 5) is 27.5. The van der Waals surface area contributed by atoms with Gasteiger partial charge in [-0.15, -0.1) is 0 Å². The fraction of sp³-hybridized carbons (Fsp3) is 0.529. The van der Waals surface area contributed by atoms with Crippen molar-refractivity contribution in [2.75, 3.05) is 19.6 Å². The third-order valence-corrected chi connectivity index (χ3v) is 4.12. The van der Waals surface area contributed by atoms with Gasteiger partial charge in [0.2, 0.25) is 11.8 Å². The Balaban J connectivity index is 1.92. The second-order valence-corrected chi connectivity index (χ2v) is 5.70. The van der Waals surface area contributed by atoms with E-state index in [0.717, 1.165) is 31.5 Å². The summed E-state index contributed by atoms with van der Waals surface area (Å²) < 4.78 is 0. The molecule has 1 aliphatic heterocycles. The molecule has 1 aliphatic rings. The molecule has 0 unspecified atom stereocenters. The first-order chi connectivity index (χ1) is 10.1. The first-order valence-electron chi connectivity index (χ1n) is 7.65. The van der Waals surface area contributed by atoms with Gasteiger partial charge in [-0.1, -0.05) is 24.3 Å². The highest BCUT2D eigenvalue weighted by Gasteiger charge is 2.19. The third kappa shape index (κ3) is 4.31. The number of hydrogen-bond acceptors (Lipinski definition) is 2. The van der Waals surface area contributed by atoms with E-state index in [2.05, 4.69) is 0 Å². The minimum Gasteiger partial charge on any atom is -0.343 e. The van der Waals surface area contributed by atoms with Crippen molar-refractivity contribution < 1.29 is 9.59 Å². The summed E-state index contributed by atoms with van der Waals surface area (Å²) in [6, 6.07) is 8.06. The van der Waals surface area contributed by atoms with Crippen LogP contribution in [0, 0.1) is 6.92 Å². The molecule has 0 aliphatic carbocycles. The molecule has 1 heterocycles. The second kappa shape index (κ2) is 7.25. The number of hydrogen-bond donors (Lipinski definition) is 0. The highest BCUT2D eigenvalue weighted by Crippen LogP contribution is 2.13. The molecule has 114 valence electrons. The molecule has 1 saturated heterocycles. The van der Waals surface area contributed by atoms with Gasteiger partial charge >= 0.3 is 0 Å². The van der Waals surface area contributed by atoms with Crippen LogP contribution in [0.25, 0.3) is 0 Å². The molecular weight excluding hydrogens is 264 g/mol. The smallest absolute Gasteiger partial charge is 0.224 e. The van der Waals surface area contributed by atoms with E-state index in [1.807, 2.05) is 36.1 Å². The summed E-state index contributed by atoms with van der Waals surface area (Å²) in [6.07, 6.45) is 2.63. The molecule has 2 amide bonds. The average Bonchev–Trinajstić information content (AvgIpc) is 2.99. The number of likely N-dealkylation sites (tertiary alicyclic amines) is 1. The maximum Gasteiger partial charge on any atom is 0.224 e. The normalized spacial score (nSPS) is 14.3. The Labute approximate surface area is 126 Å². The summed E-state index contributed by atoms with van der Waals surface area (Å²) in [5.41, 5.74) is 2.32. The summed E-state index contributed by atoms with van der Waals surface area (Å²) in [5, 5.41) is 0. The molecule has 0 radical (unpaired) electrons. The molecule has 4 heteroatoms. The number of aryl methyl sites for hydroxylation is 1. The minimum absolute atomic E-state index is 0.0208. The van der Waals surface area contributed by atoms with Gasteiger partial charge in [-0.3, -0.25) is 9.59 Å². The number of nitrogens with zero attached hydrogens (tertiary/aromatic N) is 2. The molecular formula is C17H24N2O2. The van der Waals surface area contributed by atoms with Crippen molar-refractivity contribution in [2.45, 2.75) is 39.7 Å².